The molecule has 0 aliphatic carbocycles. The quantitative estimate of drug-likeness (QED) is 0.603. The molecule has 0 fully saturated rings. The molecule has 78 valence electrons. The first-order valence-corrected chi connectivity index (χ1v) is 4.68. The third kappa shape index (κ3) is 1.93. The van der Waals surface area contributed by atoms with Gasteiger partial charge in [0.2, 0.25) is 0 Å². The molecule has 0 aliphatic heterocycles. The fraction of sp³-hybridized carbons (Fsp3) is 0.182. The maximum atomic E-state index is 8.57. The second-order valence-electron chi connectivity index (χ2n) is 3.01. The molecule has 1 aromatic heterocycles. The Morgan fingerprint density at radius 1 is 1.33 bits per heavy atom. The highest BCUT2D eigenvalue weighted by Crippen LogP contribution is 2.19. The molecule has 4 nitrogen and oxygen atoms in total. The lowest BCUT2D eigenvalue weighted by Gasteiger charge is -2.03. The van der Waals surface area contributed by atoms with E-state index >= 15 is 0 Å². The van der Waals surface area contributed by atoms with Crippen molar-refractivity contribution < 1.29 is 14.4 Å². The van der Waals surface area contributed by atoms with Crippen molar-refractivity contribution in [3.63, 3.8) is 0 Å². The summed E-state index contributed by atoms with van der Waals surface area (Å²) < 4.78 is 10.6. The Kier molecular flexibility index (Phi) is 2.58. The lowest BCUT2D eigenvalue weighted by Crippen LogP contribution is -1.98. The Morgan fingerprint density at radius 3 is 2.87 bits per heavy atom. The number of rotatable bonds is 2. The van der Waals surface area contributed by atoms with Crippen molar-refractivity contribution in [3.8, 4) is 5.75 Å². The molecule has 0 saturated carbocycles. The van der Waals surface area contributed by atoms with Gasteiger partial charge in [-0.05, 0) is 30.3 Å². The maximum absolute atomic E-state index is 8.57. The van der Waals surface area contributed by atoms with Crippen LogP contribution in [-0.2, 0) is 0 Å². The molecule has 0 atom stereocenters. The Hall–Kier alpha value is -1.97. The fourth-order valence-corrected chi connectivity index (χ4v) is 1.36. The van der Waals surface area contributed by atoms with Crippen LogP contribution in [0.2, 0.25) is 0 Å². The predicted molar refractivity (Wildman–Crippen MR) is 54.7 cm³/mol. The van der Waals surface area contributed by atoms with Crippen molar-refractivity contribution in [2.24, 2.45) is 5.16 Å². The van der Waals surface area contributed by atoms with Gasteiger partial charge < -0.3 is 14.4 Å². The first-order chi connectivity index (χ1) is 7.33. The molecule has 1 N–H and O–H groups in total. The lowest BCUT2D eigenvalue weighted by molar-refractivity contribution is 0.276. The van der Waals surface area contributed by atoms with Crippen LogP contribution < -0.4 is 10.3 Å². The van der Waals surface area contributed by atoms with E-state index in [1.807, 2.05) is 25.1 Å². The van der Waals surface area contributed by atoms with Crippen LogP contribution in [0, 0.1) is 0 Å². The Morgan fingerprint density at radius 2 is 2.13 bits per heavy atom. The summed E-state index contributed by atoms with van der Waals surface area (Å²) >= 11 is 0. The highest BCUT2D eigenvalue weighted by Gasteiger charge is 1.98. The number of hydrogen-bond donors (Lipinski definition) is 1. The molecular weight excluding hydrogens is 194 g/mol. The summed E-state index contributed by atoms with van der Waals surface area (Å²) in [6.07, 6.45) is 0. The molecule has 2 aromatic rings. The average Bonchev–Trinajstić information content (AvgIpc) is 2.28. The number of nitrogens with zero attached hydrogens (tertiary/aromatic N) is 1. The minimum absolute atomic E-state index is 0.177. The highest BCUT2D eigenvalue weighted by molar-refractivity contribution is 5.77. The predicted octanol–water partition coefficient (Wildman–Crippen LogP) is 2.12. The van der Waals surface area contributed by atoms with Gasteiger partial charge in [0.05, 0.1) is 6.61 Å². The van der Waals surface area contributed by atoms with E-state index in [1.54, 1.807) is 12.1 Å². The maximum Gasteiger partial charge on any atom is 0.255 e. The van der Waals surface area contributed by atoms with E-state index in [4.69, 9.17) is 14.4 Å². The van der Waals surface area contributed by atoms with Gasteiger partial charge >= 0.3 is 0 Å². The summed E-state index contributed by atoms with van der Waals surface area (Å²) in [7, 11) is 0. The van der Waals surface area contributed by atoms with E-state index < -0.39 is 0 Å². The molecule has 15 heavy (non-hydrogen) atoms. The van der Waals surface area contributed by atoms with E-state index in [0.717, 1.165) is 11.1 Å². The summed E-state index contributed by atoms with van der Waals surface area (Å²) in [6, 6.07) is 8.96. The zero-order valence-electron chi connectivity index (χ0n) is 8.30. The fourth-order valence-electron chi connectivity index (χ4n) is 1.36. The first kappa shape index (κ1) is 9.58. The van der Waals surface area contributed by atoms with Crippen molar-refractivity contribution in [2.45, 2.75) is 6.92 Å². The molecule has 1 heterocycles. The van der Waals surface area contributed by atoms with Crippen LogP contribution in [0.25, 0.3) is 11.0 Å². The summed E-state index contributed by atoms with van der Waals surface area (Å²) in [5.74, 6) is 0.740. The smallest absolute Gasteiger partial charge is 0.255 e. The van der Waals surface area contributed by atoms with E-state index in [2.05, 4.69) is 5.16 Å². The van der Waals surface area contributed by atoms with Crippen molar-refractivity contribution in [3.05, 3.63) is 35.9 Å². The highest BCUT2D eigenvalue weighted by atomic mass is 16.5. The summed E-state index contributed by atoms with van der Waals surface area (Å²) in [4.78, 5) is 0. The molecule has 0 bridgehead atoms. The number of benzene rings is 1. The van der Waals surface area contributed by atoms with Crippen molar-refractivity contribution in [2.75, 3.05) is 6.61 Å². The van der Waals surface area contributed by atoms with Crippen LogP contribution in [0.5, 0.6) is 5.75 Å². The zero-order chi connectivity index (χ0) is 10.7. The van der Waals surface area contributed by atoms with Crippen molar-refractivity contribution in [1.29, 1.82) is 0 Å². The number of ether oxygens (including phenoxy) is 1. The van der Waals surface area contributed by atoms with Crippen molar-refractivity contribution in [1.82, 2.24) is 0 Å². The monoisotopic (exact) mass is 205 g/mol. The summed E-state index contributed by atoms with van der Waals surface area (Å²) in [6.45, 7) is 2.52. The lowest BCUT2D eigenvalue weighted by atomic mass is 10.2. The third-order valence-corrected chi connectivity index (χ3v) is 2.01. The van der Waals surface area contributed by atoms with Gasteiger partial charge in [-0.1, -0.05) is 0 Å². The first-order valence-electron chi connectivity index (χ1n) is 4.68. The van der Waals surface area contributed by atoms with Gasteiger partial charge in [0.1, 0.15) is 11.3 Å². The molecule has 0 spiro atoms. The Balaban J connectivity index is 2.58. The molecule has 0 unspecified atom stereocenters. The van der Waals surface area contributed by atoms with Crippen LogP contribution in [0.1, 0.15) is 6.92 Å². The molecule has 0 saturated heterocycles. The van der Waals surface area contributed by atoms with Crippen molar-refractivity contribution >= 4 is 11.0 Å². The minimum Gasteiger partial charge on any atom is -0.494 e. The van der Waals surface area contributed by atoms with Gasteiger partial charge in [-0.15, -0.1) is 0 Å². The van der Waals surface area contributed by atoms with Gasteiger partial charge in [-0.2, -0.15) is 0 Å². The minimum atomic E-state index is 0.177. The van der Waals surface area contributed by atoms with E-state index in [-0.39, 0.29) is 5.55 Å². The van der Waals surface area contributed by atoms with Gasteiger partial charge in [0.25, 0.3) is 5.55 Å². The molecule has 0 aliphatic rings. The molecule has 1 aromatic carbocycles. The molecule has 2 rings (SSSR count). The van der Waals surface area contributed by atoms with Gasteiger partial charge in [-0.25, -0.2) is 0 Å². The molecular formula is C11H11NO3. The second-order valence-corrected chi connectivity index (χ2v) is 3.01. The molecule has 4 heteroatoms. The molecule has 0 amide bonds. The van der Waals surface area contributed by atoms with E-state index in [0.29, 0.717) is 12.2 Å². The zero-order valence-corrected chi connectivity index (χ0v) is 8.30. The average molecular weight is 205 g/mol. The summed E-state index contributed by atoms with van der Waals surface area (Å²) in [5.41, 5.74) is 0.812. The van der Waals surface area contributed by atoms with E-state index in [9.17, 15) is 0 Å². The van der Waals surface area contributed by atoms with Crippen LogP contribution >= 0.6 is 0 Å². The van der Waals surface area contributed by atoms with E-state index in [1.165, 1.54) is 0 Å². The largest absolute Gasteiger partial charge is 0.494 e. The van der Waals surface area contributed by atoms with Crippen LogP contribution in [-0.4, -0.2) is 11.8 Å². The second kappa shape index (κ2) is 4.04. The van der Waals surface area contributed by atoms with Gasteiger partial charge in [-0.3, -0.25) is 0 Å². The van der Waals surface area contributed by atoms with Crippen LogP contribution in [0.3, 0.4) is 0 Å². The number of hydrogen-bond acceptors (Lipinski definition) is 4. The Labute approximate surface area is 86.4 Å². The SMILES string of the molecule is CCOc1ccc2ccc(=NO)oc2c1. The Bertz CT molecular complexity index is 531. The van der Waals surface area contributed by atoms with Gasteiger partial charge in [0, 0.05) is 17.5 Å². The van der Waals surface area contributed by atoms with Gasteiger partial charge in [0.15, 0.2) is 0 Å². The summed E-state index contributed by atoms with van der Waals surface area (Å²) in [5, 5.41) is 12.5. The van der Waals surface area contributed by atoms with Crippen LogP contribution in [0.4, 0.5) is 0 Å². The third-order valence-electron chi connectivity index (χ3n) is 2.01. The standard InChI is InChI=1S/C11H11NO3/c1-2-14-9-5-3-8-4-6-11(12-13)15-10(8)7-9/h3-7,13H,2H2,1H3. The number of fused-ring (bicyclic) bond motifs is 1. The van der Waals surface area contributed by atoms with Crippen LogP contribution in [0.15, 0.2) is 39.9 Å². The normalized spacial score (nSPS) is 11.9. The molecule has 0 radical (unpaired) electrons. The topological polar surface area (TPSA) is 55.0 Å².